The SMILES string of the molecule is Clc1cc(Cl)c(-c2cnccc2I)cc1Cl. The van der Waals surface area contributed by atoms with Crippen molar-refractivity contribution in [3.05, 3.63) is 49.2 Å². The van der Waals surface area contributed by atoms with Crippen LogP contribution in [0.4, 0.5) is 0 Å². The van der Waals surface area contributed by atoms with Crippen molar-refractivity contribution in [2.75, 3.05) is 0 Å². The van der Waals surface area contributed by atoms with Gasteiger partial charge in [-0.05, 0) is 40.8 Å². The number of benzene rings is 1. The summed E-state index contributed by atoms with van der Waals surface area (Å²) >= 11 is 20.2. The summed E-state index contributed by atoms with van der Waals surface area (Å²) in [5.74, 6) is 0. The third kappa shape index (κ3) is 2.45. The third-order valence-electron chi connectivity index (χ3n) is 2.07. The van der Waals surface area contributed by atoms with Crippen LogP contribution in [0.25, 0.3) is 11.1 Å². The van der Waals surface area contributed by atoms with Gasteiger partial charge in [-0.15, -0.1) is 0 Å². The van der Waals surface area contributed by atoms with Crippen LogP contribution in [0.1, 0.15) is 0 Å². The molecule has 82 valence electrons. The number of aromatic nitrogens is 1. The van der Waals surface area contributed by atoms with Gasteiger partial charge in [-0.1, -0.05) is 34.8 Å². The van der Waals surface area contributed by atoms with Crippen LogP contribution in [-0.4, -0.2) is 4.98 Å². The van der Waals surface area contributed by atoms with Crippen LogP contribution in [0.5, 0.6) is 0 Å². The Morgan fingerprint density at radius 1 is 0.938 bits per heavy atom. The minimum atomic E-state index is 0.453. The highest BCUT2D eigenvalue weighted by molar-refractivity contribution is 14.1. The highest BCUT2D eigenvalue weighted by Crippen LogP contribution is 2.36. The predicted octanol–water partition coefficient (Wildman–Crippen LogP) is 5.31. The Morgan fingerprint density at radius 2 is 1.62 bits per heavy atom. The average molecular weight is 384 g/mol. The van der Waals surface area contributed by atoms with E-state index >= 15 is 0 Å². The molecule has 0 saturated heterocycles. The summed E-state index contributed by atoms with van der Waals surface area (Å²) in [5, 5.41) is 1.51. The van der Waals surface area contributed by atoms with Crippen molar-refractivity contribution in [2.24, 2.45) is 0 Å². The number of halogens is 4. The monoisotopic (exact) mass is 383 g/mol. The second-order valence-electron chi connectivity index (χ2n) is 3.10. The third-order valence-corrected chi connectivity index (χ3v) is 4.04. The molecule has 0 aliphatic heterocycles. The molecule has 1 nitrogen and oxygen atoms in total. The van der Waals surface area contributed by atoms with Crippen LogP contribution in [0.3, 0.4) is 0 Å². The fourth-order valence-corrected chi connectivity index (χ4v) is 2.54. The first kappa shape index (κ1) is 12.4. The van der Waals surface area contributed by atoms with Gasteiger partial charge in [0.1, 0.15) is 0 Å². The largest absolute Gasteiger partial charge is 0.264 e. The highest BCUT2D eigenvalue weighted by Gasteiger charge is 2.10. The lowest BCUT2D eigenvalue weighted by Gasteiger charge is -2.08. The van der Waals surface area contributed by atoms with Crippen LogP contribution >= 0.6 is 57.4 Å². The van der Waals surface area contributed by atoms with Crippen LogP contribution in [0.15, 0.2) is 30.6 Å². The van der Waals surface area contributed by atoms with E-state index in [1.165, 1.54) is 0 Å². The maximum Gasteiger partial charge on any atom is 0.0607 e. The van der Waals surface area contributed by atoms with Crippen LogP contribution in [-0.2, 0) is 0 Å². The lowest BCUT2D eigenvalue weighted by atomic mass is 10.1. The molecule has 0 aliphatic carbocycles. The summed E-state index contributed by atoms with van der Waals surface area (Å²) in [6, 6.07) is 5.31. The fraction of sp³-hybridized carbons (Fsp3) is 0. The van der Waals surface area contributed by atoms with E-state index < -0.39 is 0 Å². The molecule has 1 heterocycles. The molecule has 2 rings (SSSR count). The molecule has 0 atom stereocenters. The molecule has 1 aromatic carbocycles. The number of nitrogens with zero attached hydrogens (tertiary/aromatic N) is 1. The van der Waals surface area contributed by atoms with Crippen molar-refractivity contribution in [2.45, 2.75) is 0 Å². The number of hydrogen-bond donors (Lipinski definition) is 0. The number of hydrogen-bond acceptors (Lipinski definition) is 1. The van der Waals surface area contributed by atoms with E-state index in [1.807, 2.05) is 6.07 Å². The maximum atomic E-state index is 6.13. The minimum Gasteiger partial charge on any atom is -0.264 e. The topological polar surface area (TPSA) is 12.9 Å². The minimum absolute atomic E-state index is 0.453. The van der Waals surface area contributed by atoms with E-state index in [2.05, 4.69) is 27.6 Å². The van der Waals surface area contributed by atoms with Gasteiger partial charge in [0.2, 0.25) is 0 Å². The van der Waals surface area contributed by atoms with Crippen LogP contribution < -0.4 is 0 Å². The molecular formula is C11H5Cl3IN. The summed E-state index contributed by atoms with van der Waals surface area (Å²) < 4.78 is 1.06. The molecule has 0 fully saturated rings. The molecule has 0 saturated carbocycles. The zero-order valence-corrected chi connectivity index (χ0v) is 12.3. The molecule has 16 heavy (non-hydrogen) atoms. The number of pyridine rings is 1. The molecule has 0 spiro atoms. The Kier molecular flexibility index (Phi) is 3.95. The summed E-state index contributed by atoms with van der Waals surface area (Å²) in [4.78, 5) is 4.08. The fourth-order valence-electron chi connectivity index (χ4n) is 1.30. The molecule has 2 aromatic rings. The molecule has 0 radical (unpaired) electrons. The standard InChI is InChI=1S/C11H5Cl3IN/c12-8-4-10(14)9(13)3-6(8)7-5-16-2-1-11(7)15/h1-5H. The van der Waals surface area contributed by atoms with Crippen molar-refractivity contribution in [3.63, 3.8) is 0 Å². The molecule has 1 aromatic heterocycles. The zero-order valence-electron chi connectivity index (χ0n) is 7.85. The first-order chi connectivity index (χ1) is 7.59. The van der Waals surface area contributed by atoms with Gasteiger partial charge in [0.05, 0.1) is 15.1 Å². The summed E-state index contributed by atoms with van der Waals surface area (Å²) in [6.45, 7) is 0. The van der Waals surface area contributed by atoms with Crippen molar-refractivity contribution >= 4 is 57.4 Å². The maximum absolute atomic E-state index is 6.13. The van der Waals surface area contributed by atoms with E-state index in [-0.39, 0.29) is 0 Å². The smallest absolute Gasteiger partial charge is 0.0607 e. The van der Waals surface area contributed by atoms with Gasteiger partial charge in [0.25, 0.3) is 0 Å². The molecule has 0 N–H and O–H groups in total. The number of rotatable bonds is 1. The van der Waals surface area contributed by atoms with Gasteiger partial charge in [-0.25, -0.2) is 0 Å². The van der Waals surface area contributed by atoms with E-state index in [4.69, 9.17) is 34.8 Å². The van der Waals surface area contributed by atoms with Crippen LogP contribution in [0.2, 0.25) is 15.1 Å². The first-order valence-electron chi connectivity index (χ1n) is 4.34. The summed E-state index contributed by atoms with van der Waals surface area (Å²) in [5.41, 5.74) is 1.79. The molecule has 5 heteroatoms. The summed E-state index contributed by atoms with van der Waals surface area (Å²) in [7, 11) is 0. The van der Waals surface area contributed by atoms with Gasteiger partial charge >= 0.3 is 0 Å². The predicted molar refractivity (Wildman–Crippen MR) is 77.4 cm³/mol. The molecule has 0 amide bonds. The van der Waals surface area contributed by atoms with E-state index in [1.54, 1.807) is 24.5 Å². The van der Waals surface area contributed by atoms with Crippen molar-refractivity contribution in [1.82, 2.24) is 4.98 Å². The van der Waals surface area contributed by atoms with Crippen molar-refractivity contribution < 1.29 is 0 Å². The van der Waals surface area contributed by atoms with Gasteiger partial charge in [-0.3, -0.25) is 4.98 Å². The Labute approximate surface area is 122 Å². The first-order valence-corrected chi connectivity index (χ1v) is 6.55. The average Bonchev–Trinajstić information content (AvgIpc) is 2.25. The Hall–Kier alpha value is -0.0300. The summed E-state index contributed by atoms with van der Waals surface area (Å²) in [6.07, 6.45) is 3.49. The van der Waals surface area contributed by atoms with Gasteiger partial charge in [-0.2, -0.15) is 0 Å². The second kappa shape index (κ2) is 5.08. The lowest BCUT2D eigenvalue weighted by molar-refractivity contribution is 1.31. The van der Waals surface area contributed by atoms with E-state index in [0.717, 1.165) is 14.7 Å². The second-order valence-corrected chi connectivity index (χ2v) is 5.49. The lowest BCUT2D eigenvalue weighted by Crippen LogP contribution is -1.86. The Bertz CT molecular complexity index is 543. The van der Waals surface area contributed by atoms with Gasteiger partial charge < -0.3 is 0 Å². The van der Waals surface area contributed by atoms with Crippen molar-refractivity contribution in [1.29, 1.82) is 0 Å². The van der Waals surface area contributed by atoms with E-state index in [9.17, 15) is 0 Å². The van der Waals surface area contributed by atoms with Gasteiger partial charge in [0.15, 0.2) is 0 Å². The van der Waals surface area contributed by atoms with Gasteiger partial charge in [0, 0.05) is 27.1 Å². The van der Waals surface area contributed by atoms with Crippen LogP contribution in [0, 0.1) is 3.57 Å². The van der Waals surface area contributed by atoms with Crippen molar-refractivity contribution in [3.8, 4) is 11.1 Å². The van der Waals surface area contributed by atoms with E-state index in [0.29, 0.717) is 15.1 Å². The molecule has 0 aliphatic rings. The molecular weight excluding hydrogens is 379 g/mol. The molecule has 0 bridgehead atoms. The Balaban J connectivity index is 2.65. The normalized spacial score (nSPS) is 10.5. The Morgan fingerprint density at radius 3 is 2.31 bits per heavy atom. The molecule has 0 unspecified atom stereocenters. The quantitative estimate of drug-likeness (QED) is 0.479. The highest BCUT2D eigenvalue weighted by atomic mass is 127. The zero-order chi connectivity index (χ0) is 11.7.